The molecule has 12 heteroatoms. The van der Waals surface area contributed by atoms with Gasteiger partial charge < -0.3 is 25.6 Å². The fourth-order valence-electron chi connectivity index (χ4n) is 5.12. The Balaban J connectivity index is 2.01. The van der Waals surface area contributed by atoms with Gasteiger partial charge in [-0.05, 0) is 58.8 Å². The Morgan fingerprint density at radius 2 is 1.92 bits per heavy atom. The van der Waals surface area contributed by atoms with Crippen molar-refractivity contribution in [3.05, 3.63) is 24.4 Å². The molecular formula is C26H35N5O6S. The Labute approximate surface area is 227 Å². The second-order valence-corrected chi connectivity index (χ2v) is 10.5. The topological polar surface area (TPSA) is 152 Å². The van der Waals surface area contributed by atoms with E-state index in [4.69, 9.17) is 22.7 Å². The molecule has 38 heavy (non-hydrogen) atoms. The summed E-state index contributed by atoms with van der Waals surface area (Å²) in [6, 6.07) is 1.52. The monoisotopic (exact) mass is 545 g/mol. The minimum atomic E-state index is -2.24. The van der Waals surface area contributed by atoms with E-state index >= 15 is 0 Å². The summed E-state index contributed by atoms with van der Waals surface area (Å²) in [4.78, 5) is 73.9. The first-order valence-corrected chi connectivity index (χ1v) is 13.1. The summed E-state index contributed by atoms with van der Waals surface area (Å²) < 4.78 is 5.75. The van der Waals surface area contributed by atoms with Gasteiger partial charge in [0.15, 0.2) is 17.3 Å². The number of carbonyl (C=O) groups is 5. The number of Topliss-reactive ketones (excluding diaryl/α,β-unsaturated/α-hetero) is 3. The number of ketones is 3. The van der Waals surface area contributed by atoms with Crippen LogP contribution in [-0.4, -0.2) is 85.4 Å². The summed E-state index contributed by atoms with van der Waals surface area (Å²) in [5.41, 5.74) is 3.36. The summed E-state index contributed by atoms with van der Waals surface area (Å²) in [6.45, 7) is 8.24. The lowest BCUT2D eigenvalue weighted by molar-refractivity contribution is -0.152. The smallest absolute Gasteiger partial charge is 0.268 e. The predicted molar refractivity (Wildman–Crippen MR) is 142 cm³/mol. The number of hydrogen-bond donors (Lipinski definition) is 2. The molecule has 0 spiro atoms. The molecule has 1 aliphatic heterocycles. The third-order valence-corrected chi connectivity index (χ3v) is 7.22. The minimum absolute atomic E-state index is 0.137. The number of nitrogens with zero attached hydrogens (tertiary/aromatic N) is 3. The SMILES string of the molecule is CC1CC(=O)C(C(=O)[C@@H]2CCCN2C(=O)[C@H](C)NC(=O)[C@H](C)N)(N(C(=S)Oc2ccccn2)C(C)C)C1=O. The Morgan fingerprint density at radius 3 is 2.45 bits per heavy atom. The van der Waals surface area contributed by atoms with E-state index in [-0.39, 0.29) is 30.4 Å². The van der Waals surface area contributed by atoms with Gasteiger partial charge in [-0.15, -0.1) is 0 Å². The van der Waals surface area contributed by atoms with Crippen molar-refractivity contribution in [1.82, 2.24) is 20.1 Å². The number of amides is 2. The van der Waals surface area contributed by atoms with Crippen molar-refractivity contribution in [3.8, 4) is 5.88 Å². The highest BCUT2D eigenvalue weighted by atomic mass is 32.1. The Bertz CT molecular complexity index is 1130. The van der Waals surface area contributed by atoms with Crippen molar-refractivity contribution in [3.63, 3.8) is 0 Å². The van der Waals surface area contributed by atoms with Gasteiger partial charge in [-0.2, -0.15) is 0 Å². The molecule has 0 radical (unpaired) electrons. The Kier molecular flexibility index (Phi) is 8.98. The van der Waals surface area contributed by atoms with E-state index in [0.717, 1.165) is 0 Å². The standard InChI is InChI=1S/C26H35N5O6S/c1-14(2)31(25(38)37-20-10-6-7-11-28-20)26(19(32)13-15(3)21(26)33)22(34)18-9-8-12-30(18)24(36)17(5)29-23(35)16(4)27/h6-7,10-11,14-18H,8-9,12-13,27H2,1-5H3,(H,29,35)/t15?,16-,17-,18-,26?/m0/s1. The van der Waals surface area contributed by atoms with Gasteiger partial charge in [-0.25, -0.2) is 4.98 Å². The molecule has 3 N–H and O–H groups in total. The van der Waals surface area contributed by atoms with Crippen LogP contribution in [0.3, 0.4) is 0 Å². The van der Waals surface area contributed by atoms with E-state index in [0.29, 0.717) is 6.42 Å². The zero-order chi connectivity index (χ0) is 28.4. The summed E-state index contributed by atoms with van der Waals surface area (Å²) in [5, 5.41) is 2.31. The highest BCUT2D eigenvalue weighted by molar-refractivity contribution is 7.80. The fraction of sp³-hybridized carbons (Fsp3) is 0.577. The molecule has 2 unspecified atom stereocenters. The predicted octanol–water partition coefficient (Wildman–Crippen LogP) is 0.785. The number of carbonyl (C=O) groups excluding carboxylic acids is 5. The number of nitrogens with two attached hydrogens (primary N) is 1. The number of ether oxygens (including phenoxy) is 1. The number of rotatable bonds is 8. The largest absolute Gasteiger partial charge is 0.413 e. The van der Waals surface area contributed by atoms with Crippen LogP contribution in [0.25, 0.3) is 0 Å². The van der Waals surface area contributed by atoms with Crippen molar-refractivity contribution in [2.45, 2.75) is 83.6 Å². The average molecular weight is 546 g/mol. The van der Waals surface area contributed by atoms with E-state index in [1.807, 2.05) is 0 Å². The summed E-state index contributed by atoms with van der Waals surface area (Å²) >= 11 is 5.54. The van der Waals surface area contributed by atoms with Gasteiger partial charge in [0.05, 0.1) is 12.1 Å². The lowest BCUT2D eigenvalue weighted by Crippen LogP contribution is -2.70. The molecule has 3 rings (SSSR count). The van der Waals surface area contributed by atoms with Crippen LogP contribution >= 0.6 is 12.2 Å². The number of likely N-dealkylation sites (tertiary alicyclic amines) is 1. The molecule has 2 aliphatic rings. The molecule has 2 heterocycles. The molecule has 206 valence electrons. The van der Waals surface area contributed by atoms with E-state index in [9.17, 15) is 24.0 Å². The number of hydrogen-bond acceptors (Lipinski definition) is 9. The quantitative estimate of drug-likeness (QED) is 0.354. The van der Waals surface area contributed by atoms with Gasteiger partial charge >= 0.3 is 0 Å². The van der Waals surface area contributed by atoms with Crippen LogP contribution in [0.2, 0.25) is 0 Å². The first kappa shape index (κ1) is 29.3. The maximum absolute atomic E-state index is 14.4. The molecule has 1 aromatic rings. The van der Waals surface area contributed by atoms with E-state index < -0.39 is 64.8 Å². The van der Waals surface area contributed by atoms with Crippen LogP contribution in [0.5, 0.6) is 5.88 Å². The third kappa shape index (κ3) is 5.32. The maximum Gasteiger partial charge on any atom is 0.268 e. The highest BCUT2D eigenvalue weighted by Gasteiger charge is 2.65. The number of aromatic nitrogens is 1. The maximum atomic E-state index is 14.4. The Morgan fingerprint density at radius 1 is 1.24 bits per heavy atom. The number of nitrogens with one attached hydrogen (secondary N) is 1. The molecule has 1 saturated heterocycles. The molecule has 0 bridgehead atoms. The van der Waals surface area contributed by atoms with Gasteiger partial charge in [0.1, 0.15) is 6.04 Å². The summed E-state index contributed by atoms with van der Waals surface area (Å²) in [6.07, 6.45) is 2.11. The highest BCUT2D eigenvalue weighted by Crippen LogP contribution is 2.39. The van der Waals surface area contributed by atoms with E-state index in [2.05, 4.69) is 10.3 Å². The second kappa shape index (κ2) is 11.6. The van der Waals surface area contributed by atoms with Crippen molar-refractivity contribution in [2.24, 2.45) is 11.7 Å². The lowest BCUT2D eigenvalue weighted by Gasteiger charge is -2.43. The minimum Gasteiger partial charge on any atom is -0.413 e. The average Bonchev–Trinajstić information content (AvgIpc) is 3.43. The molecule has 0 aromatic carbocycles. The lowest BCUT2D eigenvalue weighted by atomic mass is 9.81. The number of thiocarbonyl (C=S) groups is 1. The fourth-order valence-corrected chi connectivity index (χ4v) is 5.56. The van der Waals surface area contributed by atoms with Gasteiger partial charge in [0.25, 0.3) is 5.17 Å². The van der Waals surface area contributed by atoms with Gasteiger partial charge in [0.2, 0.25) is 23.2 Å². The van der Waals surface area contributed by atoms with Crippen molar-refractivity contribution in [2.75, 3.05) is 6.54 Å². The zero-order valence-corrected chi connectivity index (χ0v) is 23.1. The van der Waals surface area contributed by atoms with E-state index in [1.54, 1.807) is 39.0 Å². The van der Waals surface area contributed by atoms with Crippen molar-refractivity contribution in [1.29, 1.82) is 0 Å². The molecule has 5 atom stereocenters. The summed E-state index contributed by atoms with van der Waals surface area (Å²) in [5.74, 6) is -3.46. The normalized spacial score (nSPS) is 24.8. The van der Waals surface area contributed by atoms with Crippen LogP contribution in [0.4, 0.5) is 0 Å². The molecule has 1 aliphatic carbocycles. The van der Waals surface area contributed by atoms with E-state index in [1.165, 1.54) is 29.8 Å². The van der Waals surface area contributed by atoms with Gasteiger partial charge in [-0.1, -0.05) is 13.0 Å². The zero-order valence-electron chi connectivity index (χ0n) is 22.3. The molecular weight excluding hydrogens is 510 g/mol. The third-order valence-electron chi connectivity index (χ3n) is 6.94. The van der Waals surface area contributed by atoms with Crippen molar-refractivity contribution >= 4 is 46.6 Å². The van der Waals surface area contributed by atoms with Gasteiger partial charge in [-0.3, -0.25) is 24.0 Å². The van der Waals surface area contributed by atoms with Gasteiger partial charge in [0, 0.05) is 37.2 Å². The second-order valence-electron chi connectivity index (χ2n) is 10.2. The van der Waals surface area contributed by atoms with Crippen LogP contribution < -0.4 is 15.8 Å². The van der Waals surface area contributed by atoms with Crippen LogP contribution in [0.1, 0.15) is 53.9 Å². The van der Waals surface area contributed by atoms with Crippen LogP contribution in [0, 0.1) is 5.92 Å². The Hall–Kier alpha value is -3.25. The molecule has 2 amide bonds. The van der Waals surface area contributed by atoms with Crippen LogP contribution in [-0.2, 0) is 24.0 Å². The molecule has 11 nitrogen and oxygen atoms in total. The summed E-state index contributed by atoms with van der Waals surface area (Å²) in [7, 11) is 0. The first-order chi connectivity index (χ1) is 17.8. The molecule has 1 aromatic heterocycles. The molecule has 2 fully saturated rings. The first-order valence-electron chi connectivity index (χ1n) is 12.7. The van der Waals surface area contributed by atoms with Crippen LogP contribution in [0.15, 0.2) is 24.4 Å². The molecule has 1 saturated carbocycles. The van der Waals surface area contributed by atoms with Crippen molar-refractivity contribution < 1.29 is 28.7 Å². The number of pyridine rings is 1.